The molecule has 9 heteroatoms. The lowest BCUT2D eigenvalue weighted by atomic mass is 10.1. The van der Waals surface area contributed by atoms with Gasteiger partial charge in [-0.15, -0.1) is 0 Å². The van der Waals surface area contributed by atoms with E-state index in [9.17, 15) is 14.7 Å². The van der Waals surface area contributed by atoms with Crippen molar-refractivity contribution >= 4 is 17.5 Å². The molecular formula is C26H30N2O6S. The average Bonchev–Trinajstić information content (AvgIpc) is 3.47. The number of rotatable bonds is 10. The van der Waals surface area contributed by atoms with Crippen molar-refractivity contribution in [3.63, 3.8) is 0 Å². The highest BCUT2D eigenvalue weighted by Crippen LogP contribution is 2.25. The number of carbonyl (C=O) groups is 1. The number of carbonyl (C=O) groups excluding carboxylic acids is 1. The van der Waals surface area contributed by atoms with Gasteiger partial charge in [-0.3, -0.25) is 9.78 Å². The van der Waals surface area contributed by atoms with Gasteiger partial charge < -0.3 is 19.3 Å². The van der Waals surface area contributed by atoms with Crippen molar-refractivity contribution in [1.82, 2.24) is 9.55 Å². The number of thiazole rings is 1. The SMILES string of the molecule is CCc1ccc(CCOc2ccc(Cc3sc(=O)n(COC(=O)OC4CCCC4)c3O)cc2)nc1. The van der Waals surface area contributed by atoms with Gasteiger partial charge in [-0.05, 0) is 61.4 Å². The molecule has 0 spiro atoms. The standard InChI is InChI=1S/C26H30N2O6S/c1-2-18-7-10-20(27-16-18)13-14-32-21-11-8-19(9-12-21)15-23-24(29)28(25(30)35-23)17-33-26(31)34-22-5-3-4-6-22/h7-12,16,22,29H,2-6,13-15,17H2,1H3. The van der Waals surface area contributed by atoms with Crippen molar-refractivity contribution in [3.05, 3.63) is 74.0 Å². The molecule has 0 bridgehead atoms. The maximum atomic E-state index is 12.3. The minimum absolute atomic E-state index is 0.123. The summed E-state index contributed by atoms with van der Waals surface area (Å²) < 4.78 is 17.1. The zero-order valence-corrected chi connectivity index (χ0v) is 20.6. The Hall–Kier alpha value is -3.33. The fourth-order valence-corrected chi connectivity index (χ4v) is 4.84. The van der Waals surface area contributed by atoms with Crippen molar-refractivity contribution in [2.45, 2.75) is 64.7 Å². The van der Waals surface area contributed by atoms with Gasteiger partial charge in [-0.2, -0.15) is 0 Å². The molecule has 8 nitrogen and oxygen atoms in total. The van der Waals surface area contributed by atoms with E-state index in [0.717, 1.165) is 71.4 Å². The molecular weight excluding hydrogens is 468 g/mol. The summed E-state index contributed by atoms with van der Waals surface area (Å²) in [5, 5.41) is 10.5. The number of benzene rings is 1. The summed E-state index contributed by atoms with van der Waals surface area (Å²) in [5.74, 6) is 0.540. The quantitative estimate of drug-likeness (QED) is 0.399. The normalized spacial score (nSPS) is 13.6. The number of aryl methyl sites for hydroxylation is 1. The third-order valence-electron chi connectivity index (χ3n) is 6.02. The van der Waals surface area contributed by atoms with E-state index in [1.54, 1.807) is 0 Å². The highest BCUT2D eigenvalue weighted by atomic mass is 32.1. The predicted octanol–water partition coefficient (Wildman–Crippen LogP) is 4.84. The lowest BCUT2D eigenvalue weighted by Crippen LogP contribution is -2.20. The number of ether oxygens (including phenoxy) is 3. The zero-order valence-electron chi connectivity index (χ0n) is 19.8. The Balaban J connectivity index is 1.27. The molecule has 0 atom stereocenters. The Morgan fingerprint density at radius 2 is 1.89 bits per heavy atom. The molecule has 2 aromatic heterocycles. The molecule has 0 saturated heterocycles. The van der Waals surface area contributed by atoms with E-state index in [0.29, 0.717) is 17.9 Å². The van der Waals surface area contributed by atoms with Crippen LogP contribution in [0.25, 0.3) is 0 Å². The molecule has 3 aromatic rings. The van der Waals surface area contributed by atoms with Crippen molar-refractivity contribution in [2.75, 3.05) is 6.61 Å². The summed E-state index contributed by atoms with van der Waals surface area (Å²) in [6, 6.07) is 11.6. The lowest BCUT2D eigenvalue weighted by Gasteiger charge is -2.11. The van der Waals surface area contributed by atoms with E-state index in [1.165, 1.54) is 5.56 Å². The Kier molecular flexibility index (Phi) is 8.41. The number of aromatic hydroxyl groups is 1. The second kappa shape index (κ2) is 11.9. The van der Waals surface area contributed by atoms with Gasteiger partial charge in [0, 0.05) is 24.7 Å². The molecule has 186 valence electrons. The molecule has 0 amide bonds. The molecule has 1 N–H and O–H groups in total. The van der Waals surface area contributed by atoms with E-state index in [-0.39, 0.29) is 18.7 Å². The van der Waals surface area contributed by atoms with Gasteiger partial charge in [-0.1, -0.05) is 36.5 Å². The average molecular weight is 499 g/mol. The highest BCUT2D eigenvalue weighted by molar-refractivity contribution is 7.09. The maximum absolute atomic E-state index is 12.3. The molecule has 0 unspecified atom stereocenters. The molecule has 1 saturated carbocycles. The molecule has 2 heterocycles. The summed E-state index contributed by atoms with van der Waals surface area (Å²) in [5.41, 5.74) is 3.12. The van der Waals surface area contributed by atoms with Crippen molar-refractivity contribution < 1.29 is 24.1 Å². The molecule has 1 fully saturated rings. The van der Waals surface area contributed by atoms with Crippen LogP contribution in [0.1, 0.15) is 54.3 Å². The Bertz CT molecular complexity index is 1160. The van der Waals surface area contributed by atoms with Crippen LogP contribution in [-0.4, -0.2) is 33.5 Å². The van der Waals surface area contributed by atoms with Crippen LogP contribution < -0.4 is 9.61 Å². The summed E-state index contributed by atoms with van der Waals surface area (Å²) in [7, 11) is 0. The van der Waals surface area contributed by atoms with Crippen molar-refractivity contribution in [2.24, 2.45) is 0 Å². The van der Waals surface area contributed by atoms with Crippen LogP contribution in [0.5, 0.6) is 11.6 Å². The first kappa shape index (κ1) is 24.8. The summed E-state index contributed by atoms with van der Waals surface area (Å²) >= 11 is 0.926. The third-order valence-corrected chi connectivity index (χ3v) is 6.99. The van der Waals surface area contributed by atoms with Crippen LogP contribution >= 0.6 is 11.3 Å². The number of pyridine rings is 1. The minimum atomic E-state index is -0.819. The van der Waals surface area contributed by atoms with Crippen LogP contribution in [-0.2, 0) is 35.5 Å². The first-order chi connectivity index (χ1) is 17.0. The Morgan fingerprint density at radius 3 is 2.57 bits per heavy atom. The van der Waals surface area contributed by atoms with Gasteiger partial charge in [0.15, 0.2) is 6.73 Å². The third kappa shape index (κ3) is 6.85. The van der Waals surface area contributed by atoms with Crippen LogP contribution in [0.4, 0.5) is 4.79 Å². The van der Waals surface area contributed by atoms with Gasteiger partial charge in [-0.25, -0.2) is 9.36 Å². The smallest absolute Gasteiger partial charge is 0.494 e. The van der Waals surface area contributed by atoms with E-state index >= 15 is 0 Å². The molecule has 1 aliphatic carbocycles. The maximum Gasteiger partial charge on any atom is 0.510 e. The topological polar surface area (TPSA) is 99.9 Å². The van der Waals surface area contributed by atoms with Gasteiger partial charge in [0.2, 0.25) is 5.88 Å². The second-order valence-corrected chi connectivity index (χ2v) is 9.57. The Morgan fingerprint density at radius 1 is 1.14 bits per heavy atom. The largest absolute Gasteiger partial charge is 0.510 e. The number of hydrogen-bond acceptors (Lipinski definition) is 8. The van der Waals surface area contributed by atoms with E-state index in [4.69, 9.17) is 14.2 Å². The van der Waals surface area contributed by atoms with Crippen LogP contribution in [0.3, 0.4) is 0 Å². The van der Waals surface area contributed by atoms with E-state index in [2.05, 4.69) is 18.0 Å². The van der Waals surface area contributed by atoms with Gasteiger partial charge in [0.05, 0.1) is 11.5 Å². The summed E-state index contributed by atoms with van der Waals surface area (Å²) in [6.07, 6.45) is 6.74. The first-order valence-corrected chi connectivity index (χ1v) is 12.7. The monoisotopic (exact) mass is 498 g/mol. The molecule has 35 heavy (non-hydrogen) atoms. The number of hydrogen-bond donors (Lipinski definition) is 1. The molecule has 0 radical (unpaired) electrons. The highest BCUT2D eigenvalue weighted by Gasteiger charge is 2.21. The Labute approximate surface area is 208 Å². The van der Waals surface area contributed by atoms with Crippen LogP contribution in [0.2, 0.25) is 0 Å². The number of nitrogens with zero attached hydrogens (tertiary/aromatic N) is 2. The molecule has 0 aliphatic heterocycles. The lowest BCUT2D eigenvalue weighted by molar-refractivity contribution is 0.00682. The second-order valence-electron chi connectivity index (χ2n) is 8.52. The number of aromatic nitrogens is 2. The molecule has 4 rings (SSSR count). The first-order valence-electron chi connectivity index (χ1n) is 11.9. The van der Waals surface area contributed by atoms with Crippen molar-refractivity contribution in [3.8, 4) is 11.6 Å². The molecule has 1 aliphatic rings. The van der Waals surface area contributed by atoms with E-state index < -0.39 is 11.0 Å². The van der Waals surface area contributed by atoms with Gasteiger partial charge >= 0.3 is 11.0 Å². The predicted molar refractivity (Wildman–Crippen MR) is 132 cm³/mol. The van der Waals surface area contributed by atoms with Gasteiger partial charge in [0.1, 0.15) is 11.9 Å². The van der Waals surface area contributed by atoms with Crippen LogP contribution in [0.15, 0.2) is 47.4 Å². The van der Waals surface area contributed by atoms with Crippen LogP contribution in [0, 0.1) is 0 Å². The fraction of sp³-hybridized carbons (Fsp3) is 0.423. The van der Waals surface area contributed by atoms with Gasteiger partial charge in [0.25, 0.3) is 0 Å². The fourth-order valence-electron chi connectivity index (χ4n) is 3.94. The minimum Gasteiger partial charge on any atom is -0.494 e. The van der Waals surface area contributed by atoms with Crippen molar-refractivity contribution in [1.29, 1.82) is 0 Å². The summed E-state index contributed by atoms with van der Waals surface area (Å²) in [6.45, 7) is 2.24. The summed E-state index contributed by atoms with van der Waals surface area (Å²) in [4.78, 5) is 28.7. The van der Waals surface area contributed by atoms with E-state index in [1.807, 2.05) is 36.5 Å². The molecule has 1 aromatic carbocycles. The zero-order chi connectivity index (χ0) is 24.6.